The smallest absolute Gasteiger partial charge is 0.338 e. The van der Waals surface area contributed by atoms with Crippen molar-refractivity contribution in [1.82, 2.24) is 4.31 Å². The van der Waals surface area contributed by atoms with Crippen LogP contribution >= 0.6 is 0 Å². The highest BCUT2D eigenvalue weighted by atomic mass is 32.2. The fraction of sp³-hybridized carbons (Fsp3) is 0.333. The Morgan fingerprint density at radius 3 is 2.28 bits per heavy atom. The van der Waals surface area contributed by atoms with Crippen molar-refractivity contribution in [2.75, 3.05) is 18.4 Å². The summed E-state index contributed by atoms with van der Waals surface area (Å²) in [7, 11) is -3.73. The molecular formula is C21H26N2O5S. The number of para-hydroxylation sites is 1. The van der Waals surface area contributed by atoms with Crippen LogP contribution in [-0.4, -0.2) is 43.8 Å². The number of sulfonamides is 1. The van der Waals surface area contributed by atoms with E-state index in [0.717, 1.165) is 0 Å². The predicted octanol–water partition coefficient (Wildman–Crippen LogP) is 3.21. The molecule has 0 fully saturated rings. The van der Waals surface area contributed by atoms with Crippen LogP contribution in [0.3, 0.4) is 0 Å². The summed E-state index contributed by atoms with van der Waals surface area (Å²) >= 11 is 0. The monoisotopic (exact) mass is 418 g/mol. The van der Waals surface area contributed by atoms with Crippen molar-refractivity contribution in [1.29, 1.82) is 0 Å². The fourth-order valence-electron chi connectivity index (χ4n) is 2.76. The number of esters is 1. The van der Waals surface area contributed by atoms with Gasteiger partial charge in [-0.25, -0.2) is 13.2 Å². The minimum Gasteiger partial charge on any atom is -0.449 e. The van der Waals surface area contributed by atoms with Gasteiger partial charge in [-0.15, -0.1) is 0 Å². The van der Waals surface area contributed by atoms with Crippen molar-refractivity contribution in [3.8, 4) is 0 Å². The molecule has 1 atom stereocenters. The summed E-state index contributed by atoms with van der Waals surface area (Å²) in [6.45, 7) is 7.27. The number of hydrogen-bond donors (Lipinski definition) is 1. The molecule has 1 amide bonds. The Morgan fingerprint density at radius 2 is 1.69 bits per heavy atom. The quantitative estimate of drug-likeness (QED) is 0.665. The Morgan fingerprint density at radius 1 is 1.07 bits per heavy atom. The fourth-order valence-corrected chi connectivity index (χ4v) is 4.46. The highest BCUT2D eigenvalue weighted by molar-refractivity contribution is 7.89. The third-order valence-corrected chi connectivity index (χ3v) is 6.63. The number of carbonyl (C=O) groups is 2. The molecule has 8 heteroatoms. The van der Waals surface area contributed by atoms with Crippen LogP contribution in [0, 0.1) is 6.92 Å². The van der Waals surface area contributed by atoms with Gasteiger partial charge in [-0.05, 0) is 43.7 Å². The second kappa shape index (κ2) is 9.67. The van der Waals surface area contributed by atoms with Gasteiger partial charge >= 0.3 is 5.97 Å². The second-order valence-corrected chi connectivity index (χ2v) is 8.38. The standard InChI is InChI=1S/C21H26N2O5S/c1-5-23(6-2)29(26,27)19-14-17(13-12-15(19)3)21(25)28-16(4)20(24)22-18-10-8-7-9-11-18/h7-14,16H,5-6H2,1-4H3,(H,22,24)/t16-/m1/s1. The molecule has 0 unspecified atom stereocenters. The average molecular weight is 419 g/mol. The molecule has 2 rings (SSSR count). The number of nitrogens with one attached hydrogen (secondary N) is 1. The van der Waals surface area contributed by atoms with Crippen LogP contribution < -0.4 is 5.32 Å². The molecule has 2 aromatic carbocycles. The molecule has 0 bridgehead atoms. The van der Waals surface area contributed by atoms with Crippen LogP contribution in [0.2, 0.25) is 0 Å². The normalized spacial score (nSPS) is 12.4. The minimum atomic E-state index is -3.73. The summed E-state index contributed by atoms with van der Waals surface area (Å²) < 4.78 is 32.2. The van der Waals surface area contributed by atoms with Gasteiger partial charge in [-0.3, -0.25) is 4.79 Å². The first-order valence-corrected chi connectivity index (χ1v) is 10.8. The van der Waals surface area contributed by atoms with Gasteiger partial charge in [0.15, 0.2) is 6.10 Å². The molecule has 0 aromatic heterocycles. The maximum absolute atomic E-state index is 12.8. The summed E-state index contributed by atoms with van der Waals surface area (Å²) in [6, 6.07) is 13.1. The van der Waals surface area contributed by atoms with E-state index in [0.29, 0.717) is 24.3 Å². The molecule has 0 aliphatic rings. The first kappa shape index (κ1) is 22.6. The van der Waals surface area contributed by atoms with Crippen molar-refractivity contribution in [3.05, 3.63) is 59.7 Å². The van der Waals surface area contributed by atoms with Crippen LogP contribution in [0.25, 0.3) is 0 Å². The average Bonchev–Trinajstić information content (AvgIpc) is 2.69. The van der Waals surface area contributed by atoms with E-state index in [-0.39, 0.29) is 10.5 Å². The molecule has 0 saturated heterocycles. The van der Waals surface area contributed by atoms with Gasteiger partial charge in [-0.2, -0.15) is 4.31 Å². The van der Waals surface area contributed by atoms with Crippen molar-refractivity contribution >= 4 is 27.6 Å². The number of benzene rings is 2. The summed E-state index contributed by atoms with van der Waals surface area (Å²) in [4.78, 5) is 24.8. The number of anilines is 1. The zero-order valence-corrected chi connectivity index (χ0v) is 17.8. The minimum absolute atomic E-state index is 0.0528. The number of nitrogens with zero attached hydrogens (tertiary/aromatic N) is 1. The van der Waals surface area contributed by atoms with E-state index in [1.165, 1.54) is 23.4 Å². The summed E-state index contributed by atoms with van der Waals surface area (Å²) in [5.41, 5.74) is 1.19. The Labute approximate surface area is 171 Å². The van der Waals surface area contributed by atoms with Gasteiger partial charge in [0.1, 0.15) is 0 Å². The van der Waals surface area contributed by atoms with Crippen LogP contribution in [-0.2, 0) is 19.6 Å². The van der Waals surface area contributed by atoms with Crippen LogP contribution in [0.15, 0.2) is 53.4 Å². The van der Waals surface area contributed by atoms with E-state index in [9.17, 15) is 18.0 Å². The van der Waals surface area contributed by atoms with Crippen molar-refractivity contribution < 1.29 is 22.7 Å². The van der Waals surface area contributed by atoms with Gasteiger partial charge in [-0.1, -0.05) is 38.1 Å². The predicted molar refractivity (Wildman–Crippen MR) is 111 cm³/mol. The lowest BCUT2D eigenvalue weighted by atomic mass is 10.1. The molecular weight excluding hydrogens is 392 g/mol. The molecule has 0 spiro atoms. The molecule has 0 saturated carbocycles. The van der Waals surface area contributed by atoms with E-state index < -0.39 is 28.0 Å². The molecule has 0 heterocycles. The topological polar surface area (TPSA) is 92.8 Å². The summed E-state index contributed by atoms with van der Waals surface area (Å²) in [6.07, 6.45) is -1.05. The molecule has 2 aromatic rings. The molecule has 29 heavy (non-hydrogen) atoms. The van der Waals surface area contributed by atoms with Gasteiger partial charge < -0.3 is 10.1 Å². The lowest BCUT2D eigenvalue weighted by molar-refractivity contribution is -0.123. The molecule has 1 N–H and O–H groups in total. The third-order valence-electron chi connectivity index (χ3n) is 4.44. The van der Waals surface area contributed by atoms with Gasteiger partial charge in [0.2, 0.25) is 10.0 Å². The third kappa shape index (κ3) is 5.42. The zero-order valence-electron chi connectivity index (χ0n) is 17.0. The van der Waals surface area contributed by atoms with E-state index in [4.69, 9.17) is 4.74 Å². The number of aryl methyl sites for hydroxylation is 1. The molecule has 156 valence electrons. The molecule has 7 nitrogen and oxygen atoms in total. The van der Waals surface area contributed by atoms with Crippen molar-refractivity contribution in [2.24, 2.45) is 0 Å². The number of ether oxygens (including phenoxy) is 1. The highest BCUT2D eigenvalue weighted by Crippen LogP contribution is 2.22. The Kier molecular flexibility index (Phi) is 7.53. The number of hydrogen-bond acceptors (Lipinski definition) is 5. The van der Waals surface area contributed by atoms with Gasteiger partial charge in [0, 0.05) is 18.8 Å². The van der Waals surface area contributed by atoms with Crippen molar-refractivity contribution in [2.45, 2.75) is 38.7 Å². The largest absolute Gasteiger partial charge is 0.449 e. The number of amides is 1. The van der Waals surface area contributed by atoms with E-state index in [1.54, 1.807) is 51.1 Å². The number of rotatable bonds is 8. The van der Waals surface area contributed by atoms with E-state index in [1.807, 2.05) is 6.07 Å². The highest BCUT2D eigenvalue weighted by Gasteiger charge is 2.26. The Bertz CT molecular complexity index is 970. The maximum atomic E-state index is 12.8. The lowest BCUT2D eigenvalue weighted by Gasteiger charge is -2.20. The molecule has 0 radical (unpaired) electrons. The molecule has 0 aliphatic carbocycles. The van der Waals surface area contributed by atoms with Crippen LogP contribution in [0.1, 0.15) is 36.7 Å². The van der Waals surface area contributed by atoms with Crippen LogP contribution in [0.5, 0.6) is 0 Å². The number of carbonyl (C=O) groups excluding carboxylic acids is 2. The van der Waals surface area contributed by atoms with E-state index >= 15 is 0 Å². The maximum Gasteiger partial charge on any atom is 0.338 e. The zero-order chi connectivity index (χ0) is 21.6. The summed E-state index contributed by atoms with van der Waals surface area (Å²) in [5.74, 6) is -1.25. The van der Waals surface area contributed by atoms with Gasteiger partial charge in [0.05, 0.1) is 10.5 Å². The Hall–Kier alpha value is -2.71. The van der Waals surface area contributed by atoms with Crippen molar-refractivity contribution in [3.63, 3.8) is 0 Å². The lowest BCUT2D eigenvalue weighted by Crippen LogP contribution is -2.32. The SMILES string of the molecule is CCN(CC)S(=O)(=O)c1cc(C(=O)O[C@H](C)C(=O)Nc2ccccc2)ccc1C. The van der Waals surface area contributed by atoms with E-state index in [2.05, 4.69) is 5.32 Å². The first-order valence-electron chi connectivity index (χ1n) is 9.38. The first-order chi connectivity index (χ1) is 13.7. The van der Waals surface area contributed by atoms with Gasteiger partial charge in [0.25, 0.3) is 5.91 Å². The Balaban J connectivity index is 2.18. The molecule has 0 aliphatic heterocycles. The second-order valence-electron chi connectivity index (χ2n) is 6.47. The van der Waals surface area contributed by atoms with Crippen LogP contribution in [0.4, 0.5) is 5.69 Å². The summed E-state index contributed by atoms with van der Waals surface area (Å²) in [5, 5.41) is 2.65.